The summed E-state index contributed by atoms with van der Waals surface area (Å²) >= 11 is 18.6. The highest BCUT2D eigenvalue weighted by Gasteiger charge is 2.42. The molecular formula is C26H21Cl2N3O2S. The summed E-state index contributed by atoms with van der Waals surface area (Å²) in [5, 5.41) is 5.17. The smallest absolute Gasteiger partial charge is 0.174 e. The van der Waals surface area contributed by atoms with Crippen molar-refractivity contribution in [3.8, 4) is 17.1 Å². The van der Waals surface area contributed by atoms with Crippen molar-refractivity contribution >= 4 is 46.2 Å². The van der Waals surface area contributed by atoms with E-state index in [2.05, 4.69) is 10.3 Å². The molecule has 2 atom stereocenters. The first-order chi connectivity index (χ1) is 16.5. The molecule has 3 heterocycles. The van der Waals surface area contributed by atoms with Crippen molar-refractivity contribution in [3.05, 3.63) is 100.0 Å². The average Bonchev–Trinajstić information content (AvgIpc) is 3.46. The van der Waals surface area contributed by atoms with Crippen molar-refractivity contribution in [1.82, 2.24) is 10.3 Å². The lowest BCUT2D eigenvalue weighted by molar-refractivity contribution is 0.415. The number of benzene rings is 2. The number of pyridine rings is 1. The van der Waals surface area contributed by atoms with Gasteiger partial charge in [-0.15, -0.1) is 0 Å². The molecule has 5 nitrogen and oxygen atoms in total. The minimum Gasteiger partial charge on any atom is -0.495 e. The Bertz CT molecular complexity index is 1360. The Balaban J connectivity index is 1.60. The molecule has 0 unspecified atom stereocenters. The van der Waals surface area contributed by atoms with Crippen LogP contribution in [0.5, 0.6) is 5.75 Å². The summed E-state index contributed by atoms with van der Waals surface area (Å²) in [5.41, 5.74) is 3.60. The van der Waals surface area contributed by atoms with Gasteiger partial charge in [-0.05, 0) is 73.2 Å². The van der Waals surface area contributed by atoms with E-state index < -0.39 is 0 Å². The van der Waals surface area contributed by atoms with Gasteiger partial charge in [-0.2, -0.15) is 0 Å². The second-order valence-corrected chi connectivity index (χ2v) is 9.18. The van der Waals surface area contributed by atoms with E-state index in [1.54, 1.807) is 13.3 Å². The fraction of sp³-hybridized carbons (Fsp3) is 0.154. The van der Waals surface area contributed by atoms with Crippen LogP contribution in [0, 0.1) is 6.92 Å². The summed E-state index contributed by atoms with van der Waals surface area (Å²) in [4.78, 5) is 6.58. The Morgan fingerprint density at radius 3 is 2.59 bits per heavy atom. The van der Waals surface area contributed by atoms with Crippen molar-refractivity contribution in [2.75, 3.05) is 12.0 Å². The Labute approximate surface area is 213 Å². The lowest BCUT2D eigenvalue weighted by Crippen LogP contribution is -2.29. The predicted molar refractivity (Wildman–Crippen MR) is 140 cm³/mol. The van der Waals surface area contributed by atoms with Crippen molar-refractivity contribution in [2.24, 2.45) is 0 Å². The topological polar surface area (TPSA) is 50.5 Å². The molecule has 5 rings (SSSR count). The van der Waals surface area contributed by atoms with Gasteiger partial charge in [-0.25, -0.2) is 0 Å². The van der Waals surface area contributed by atoms with Gasteiger partial charge >= 0.3 is 0 Å². The minimum absolute atomic E-state index is 0.227. The number of rotatable bonds is 5. The van der Waals surface area contributed by atoms with Crippen LogP contribution in [0.15, 0.2) is 77.3 Å². The number of methoxy groups -OCH3 is 1. The molecule has 2 aromatic carbocycles. The first-order valence-corrected chi connectivity index (χ1v) is 11.8. The quantitative estimate of drug-likeness (QED) is 0.288. The molecule has 1 N–H and O–H groups in total. The van der Waals surface area contributed by atoms with Crippen molar-refractivity contribution < 1.29 is 9.15 Å². The van der Waals surface area contributed by atoms with Crippen LogP contribution in [0.2, 0.25) is 10.0 Å². The Hall–Kier alpha value is -3.06. The standard InChI is InChI=1S/C26H21Cl2N3O2S/c1-15-6-7-16(13-18(15)27)21-10-11-23(33-21)25-24(20-5-3-4-12-29-20)30-26(34)31(25)17-8-9-22(32-2)19(28)14-17/h3-14,24-25H,1-2H3,(H,30,34)/t24-,25-/m0/s1. The second-order valence-electron chi connectivity index (χ2n) is 7.98. The number of ether oxygens (including phenoxy) is 1. The number of hydrogen-bond donors (Lipinski definition) is 1. The van der Waals surface area contributed by atoms with Crippen molar-refractivity contribution in [1.29, 1.82) is 0 Å². The minimum atomic E-state index is -0.290. The van der Waals surface area contributed by atoms with Crippen LogP contribution in [0.4, 0.5) is 5.69 Å². The van der Waals surface area contributed by atoms with Crippen LogP contribution in [0.1, 0.15) is 29.1 Å². The molecule has 1 aliphatic rings. The lowest BCUT2D eigenvalue weighted by atomic mass is 10.0. The van der Waals surface area contributed by atoms with Crippen LogP contribution in [-0.4, -0.2) is 17.2 Å². The van der Waals surface area contributed by atoms with Crippen LogP contribution < -0.4 is 15.0 Å². The number of thiocarbonyl (C=S) groups is 1. The number of halogens is 2. The van der Waals surface area contributed by atoms with Gasteiger partial charge in [0, 0.05) is 22.5 Å². The zero-order chi connectivity index (χ0) is 23.8. The summed E-state index contributed by atoms with van der Waals surface area (Å²) in [6, 6.07) is 20.7. The number of aromatic nitrogens is 1. The molecule has 0 saturated carbocycles. The molecule has 34 heavy (non-hydrogen) atoms. The molecular weight excluding hydrogens is 489 g/mol. The van der Waals surface area contributed by atoms with Crippen LogP contribution in [-0.2, 0) is 0 Å². The first kappa shape index (κ1) is 22.7. The number of anilines is 1. The number of hydrogen-bond acceptors (Lipinski definition) is 4. The summed E-state index contributed by atoms with van der Waals surface area (Å²) in [5.74, 6) is 2.06. The van der Waals surface area contributed by atoms with Gasteiger partial charge in [-0.3, -0.25) is 4.98 Å². The Morgan fingerprint density at radius 2 is 1.88 bits per heavy atom. The van der Waals surface area contributed by atoms with E-state index in [0.29, 0.717) is 20.9 Å². The molecule has 0 amide bonds. The average molecular weight is 510 g/mol. The molecule has 0 bridgehead atoms. The summed E-state index contributed by atoms with van der Waals surface area (Å²) in [7, 11) is 1.59. The van der Waals surface area contributed by atoms with E-state index in [-0.39, 0.29) is 12.1 Å². The number of furan rings is 1. The van der Waals surface area contributed by atoms with Crippen molar-refractivity contribution in [3.63, 3.8) is 0 Å². The third-order valence-corrected chi connectivity index (χ3v) is 6.90. The van der Waals surface area contributed by atoms with Gasteiger partial charge < -0.3 is 19.4 Å². The normalized spacial score (nSPS) is 17.6. The van der Waals surface area contributed by atoms with E-state index in [1.807, 2.05) is 78.6 Å². The summed E-state index contributed by atoms with van der Waals surface area (Å²) < 4.78 is 11.7. The van der Waals surface area contributed by atoms with Crippen LogP contribution >= 0.6 is 35.4 Å². The zero-order valence-corrected chi connectivity index (χ0v) is 20.8. The number of nitrogens with zero attached hydrogens (tertiary/aromatic N) is 2. The molecule has 172 valence electrons. The Kier molecular flexibility index (Phi) is 6.21. The van der Waals surface area contributed by atoms with E-state index in [9.17, 15) is 0 Å². The monoisotopic (exact) mass is 509 g/mol. The molecule has 4 aromatic rings. The predicted octanol–water partition coefficient (Wildman–Crippen LogP) is 7.14. The van der Waals surface area contributed by atoms with Gasteiger partial charge in [0.05, 0.1) is 23.9 Å². The molecule has 0 radical (unpaired) electrons. The third kappa shape index (κ3) is 4.13. The van der Waals surface area contributed by atoms with Gasteiger partial charge in [0.2, 0.25) is 0 Å². The fourth-order valence-corrected chi connectivity index (χ4v) is 4.92. The highest BCUT2D eigenvalue weighted by molar-refractivity contribution is 7.80. The maximum absolute atomic E-state index is 6.45. The second kappa shape index (κ2) is 9.29. The first-order valence-electron chi connectivity index (χ1n) is 10.7. The Morgan fingerprint density at radius 1 is 1.03 bits per heavy atom. The summed E-state index contributed by atoms with van der Waals surface area (Å²) in [6.07, 6.45) is 1.77. The molecule has 1 saturated heterocycles. The molecule has 0 aliphatic carbocycles. The number of nitrogens with one attached hydrogen (secondary N) is 1. The molecule has 8 heteroatoms. The van der Waals surface area contributed by atoms with E-state index in [4.69, 9.17) is 44.6 Å². The molecule has 2 aromatic heterocycles. The van der Waals surface area contributed by atoms with E-state index in [0.717, 1.165) is 34.0 Å². The third-order valence-electron chi connectivity index (χ3n) is 5.89. The van der Waals surface area contributed by atoms with Gasteiger partial charge in [0.1, 0.15) is 23.3 Å². The van der Waals surface area contributed by atoms with E-state index in [1.165, 1.54) is 0 Å². The van der Waals surface area contributed by atoms with Gasteiger partial charge in [-0.1, -0.05) is 41.4 Å². The maximum Gasteiger partial charge on any atom is 0.174 e. The lowest BCUT2D eigenvalue weighted by Gasteiger charge is -2.26. The zero-order valence-electron chi connectivity index (χ0n) is 18.5. The fourth-order valence-electron chi connectivity index (χ4n) is 4.14. The van der Waals surface area contributed by atoms with Gasteiger partial charge in [0.15, 0.2) is 5.11 Å². The highest BCUT2D eigenvalue weighted by atomic mass is 35.5. The van der Waals surface area contributed by atoms with E-state index >= 15 is 0 Å². The number of aryl methyl sites for hydroxylation is 1. The molecule has 1 aliphatic heterocycles. The summed E-state index contributed by atoms with van der Waals surface area (Å²) in [6.45, 7) is 1.97. The highest BCUT2D eigenvalue weighted by Crippen LogP contribution is 2.44. The van der Waals surface area contributed by atoms with Crippen LogP contribution in [0.25, 0.3) is 11.3 Å². The van der Waals surface area contributed by atoms with Crippen molar-refractivity contribution in [2.45, 2.75) is 19.0 Å². The maximum atomic E-state index is 6.45. The SMILES string of the molecule is COc1ccc(N2C(=S)N[C@@H](c3ccccn3)[C@@H]2c2ccc(-c3ccc(C)c(Cl)c3)o2)cc1Cl. The largest absolute Gasteiger partial charge is 0.495 e. The molecule has 0 spiro atoms. The molecule has 1 fully saturated rings. The van der Waals surface area contributed by atoms with Crippen LogP contribution in [0.3, 0.4) is 0 Å². The van der Waals surface area contributed by atoms with Gasteiger partial charge in [0.25, 0.3) is 0 Å².